The number of rotatable bonds is 5. The van der Waals surface area contributed by atoms with Gasteiger partial charge in [-0.1, -0.05) is 19.9 Å². The molecule has 13 atom stereocenters. The Morgan fingerprint density at radius 1 is 1.02 bits per heavy atom. The predicted molar refractivity (Wildman–Crippen MR) is 152 cm³/mol. The molecule has 0 spiro atoms. The molecule has 2 heterocycles. The van der Waals surface area contributed by atoms with E-state index in [2.05, 4.69) is 0 Å². The molecule has 0 aromatic carbocycles. The predicted octanol–water partition coefficient (Wildman–Crippen LogP) is 0.643. The lowest BCUT2D eigenvalue weighted by Crippen LogP contribution is -2.73. The summed E-state index contributed by atoms with van der Waals surface area (Å²) in [5.41, 5.74) is -3.41. The van der Waals surface area contributed by atoms with Crippen LogP contribution in [0.15, 0.2) is 39.3 Å². The van der Waals surface area contributed by atoms with Crippen molar-refractivity contribution in [1.82, 2.24) is 0 Å². The molecule has 1 aromatic heterocycles. The minimum absolute atomic E-state index is 0.0197. The molecular formula is C32H44O12. The lowest BCUT2D eigenvalue weighted by atomic mass is 9.42. The summed E-state index contributed by atoms with van der Waals surface area (Å²) >= 11 is 0. The van der Waals surface area contributed by atoms with Crippen molar-refractivity contribution in [3.8, 4) is 0 Å². The van der Waals surface area contributed by atoms with Gasteiger partial charge in [0.05, 0.1) is 24.6 Å². The Kier molecular flexibility index (Phi) is 7.94. The van der Waals surface area contributed by atoms with Crippen LogP contribution in [-0.4, -0.2) is 97.3 Å². The van der Waals surface area contributed by atoms with Crippen molar-refractivity contribution in [2.75, 3.05) is 6.61 Å². The van der Waals surface area contributed by atoms with Gasteiger partial charge in [0, 0.05) is 24.8 Å². The summed E-state index contributed by atoms with van der Waals surface area (Å²) in [7, 11) is 0. The van der Waals surface area contributed by atoms with E-state index in [1.54, 1.807) is 6.07 Å². The van der Waals surface area contributed by atoms with Gasteiger partial charge in [-0.2, -0.15) is 0 Å². The van der Waals surface area contributed by atoms with Crippen molar-refractivity contribution in [3.63, 3.8) is 0 Å². The van der Waals surface area contributed by atoms with Crippen LogP contribution >= 0.6 is 0 Å². The first kappa shape index (κ1) is 31.8. The van der Waals surface area contributed by atoms with Crippen LogP contribution in [0.4, 0.5) is 0 Å². The van der Waals surface area contributed by atoms with E-state index in [0.717, 1.165) is 11.1 Å². The second-order valence-corrected chi connectivity index (χ2v) is 14.0. The van der Waals surface area contributed by atoms with E-state index < -0.39 is 83.1 Å². The summed E-state index contributed by atoms with van der Waals surface area (Å²) < 4.78 is 22.6. The zero-order valence-electron chi connectivity index (χ0n) is 25.3. The average Bonchev–Trinajstić information content (AvgIpc) is 3.26. The van der Waals surface area contributed by atoms with Gasteiger partial charge in [-0.05, 0) is 73.0 Å². The summed E-state index contributed by atoms with van der Waals surface area (Å²) in [4.78, 5) is 24.0. The number of hydrogen-bond donors (Lipinski definition) is 6. The number of carbonyl (C=O) groups is 1. The second kappa shape index (κ2) is 11.0. The molecule has 5 aliphatic rings. The number of aliphatic hydroxyl groups is 6. The van der Waals surface area contributed by atoms with Gasteiger partial charge in [-0.25, -0.2) is 4.79 Å². The van der Waals surface area contributed by atoms with Crippen LogP contribution in [-0.2, 0) is 19.0 Å². The number of fused-ring (bicyclic) bond motifs is 5. The third-order valence-electron chi connectivity index (χ3n) is 11.9. The number of aliphatic hydroxyl groups excluding tert-OH is 4. The third-order valence-corrected chi connectivity index (χ3v) is 11.9. The fourth-order valence-corrected chi connectivity index (χ4v) is 9.64. The van der Waals surface area contributed by atoms with Gasteiger partial charge in [0.2, 0.25) is 0 Å². The highest BCUT2D eigenvalue weighted by Gasteiger charge is 2.75. The molecule has 0 unspecified atom stereocenters. The Bertz CT molecular complexity index is 1340. The van der Waals surface area contributed by atoms with Crippen LogP contribution in [0.3, 0.4) is 0 Å². The van der Waals surface area contributed by atoms with E-state index >= 15 is 0 Å². The Hall–Kier alpha value is -2.16. The molecule has 244 valence electrons. The van der Waals surface area contributed by atoms with Gasteiger partial charge >= 0.3 is 11.6 Å². The van der Waals surface area contributed by atoms with E-state index in [-0.39, 0.29) is 18.3 Å². The molecule has 3 saturated carbocycles. The van der Waals surface area contributed by atoms with Crippen LogP contribution in [0.5, 0.6) is 0 Å². The highest BCUT2D eigenvalue weighted by molar-refractivity contribution is 5.66. The van der Waals surface area contributed by atoms with Gasteiger partial charge in [0.15, 0.2) is 6.29 Å². The van der Waals surface area contributed by atoms with Gasteiger partial charge in [-0.3, -0.25) is 4.79 Å². The van der Waals surface area contributed by atoms with Crippen LogP contribution in [0.1, 0.15) is 77.2 Å². The summed E-state index contributed by atoms with van der Waals surface area (Å²) in [6.07, 6.45) is -2.23. The van der Waals surface area contributed by atoms with E-state index in [1.165, 1.54) is 19.3 Å². The first-order valence-corrected chi connectivity index (χ1v) is 15.6. The largest absolute Gasteiger partial charge is 0.458 e. The topological polar surface area (TPSA) is 196 Å². The summed E-state index contributed by atoms with van der Waals surface area (Å²) in [5, 5.41) is 65.9. The molecule has 6 N–H and O–H groups in total. The molecule has 1 saturated heterocycles. The fraction of sp³-hybridized carbons (Fsp3) is 0.750. The Morgan fingerprint density at radius 3 is 2.43 bits per heavy atom. The lowest BCUT2D eigenvalue weighted by molar-refractivity contribution is -0.310. The number of carbonyl (C=O) groups excluding carboxylic acids is 1. The van der Waals surface area contributed by atoms with E-state index in [9.17, 15) is 40.2 Å². The average molecular weight is 621 g/mol. The van der Waals surface area contributed by atoms with Gasteiger partial charge in [0.25, 0.3) is 0 Å². The molecule has 4 aliphatic carbocycles. The second-order valence-electron chi connectivity index (χ2n) is 14.0. The van der Waals surface area contributed by atoms with Gasteiger partial charge in [-0.15, -0.1) is 0 Å². The zero-order chi connectivity index (χ0) is 31.8. The fourth-order valence-electron chi connectivity index (χ4n) is 9.64. The summed E-state index contributed by atoms with van der Waals surface area (Å²) in [5.74, 6) is -1.06. The molecule has 6 rings (SSSR count). The lowest BCUT2D eigenvalue weighted by Gasteiger charge is -2.66. The molecule has 0 radical (unpaired) electrons. The van der Waals surface area contributed by atoms with Crippen molar-refractivity contribution < 1.29 is 54.1 Å². The van der Waals surface area contributed by atoms with Crippen LogP contribution in [0, 0.1) is 16.7 Å². The number of esters is 1. The minimum atomic E-state index is -1.60. The van der Waals surface area contributed by atoms with Crippen LogP contribution in [0.2, 0.25) is 0 Å². The Morgan fingerprint density at radius 2 is 1.77 bits per heavy atom. The Labute approximate surface area is 255 Å². The van der Waals surface area contributed by atoms with Crippen molar-refractivity contribution in [1.29, 1.82) is 0 Å². The smallest absolute Gasteiger partial charge is 0.335 e. The molecule has 1 aliphatic heterocycles. The zero-order valence-corrected chi connectivity index (χ0v) is 25.3. The quantitative estimate of drug-likeness (QED) is 0.199. The molecule has 12 heteroatoms. The Balaban J connectivity index is 1.33. The minimum Gasteiger partial charge on any atom is -0.458 e. The van der Waals surface area contributed by atoms with Crippen LogP contribution in [0.25, 0.3) is 0 Å². The highest BCUT2D eigenvalue weighted by atomic mass is 16.7. The molecular weight excluding hydrogens is 576 g/mol. The third kappa shape index (κ3) is 4.56. The van der Waals surface area contributed by atoms with E-state index in [1.807, 2.05) is 19.9 Å². The van der Waals surface area contributed by atoms with Crippen molar-refractivity contribution in [2.45, 2.75) is 126 Å². The maximum atomic E-state index is 12.8. The number of ether oxygens (including phenoxy) is 3. The summed E-state index contributed by atoms with van der Waals surface area (Å²) in [6.45, 7) is 4.74. The molecule has 1 aromatic rings. The van der Waals surface area contributed by atoms with Gasteiger partial charge < -0.3 is 49.3 Å². The van der Waals surface area contributed by atoms with Gasteiger partial charge in [0.1, 0.15) is 36.1 Å². The molecule has 44 heavy (non-hydrogen) atoms. The van der Waals surface area contributed by atoms with Crippen LogP contribution < -0.4 is 5.63 Å². The molecule has 0 amide bonds. The van der Waals surface area contributed by atoms with Crippen molar-refractivity contribution in [2.24, 2.45) is 16.7 Å². The molecule has 4 fully saturated rings. The molecule has 12 nitrogen and oxygen atoms in total. The maximum Gasteiger partial charge on any atom is 0.335 e. The molecule has 0 bridgehead atoms. The maximum absolute atomic E-state index is 12.8. The first-order valence-electron chi connectivity index (χ1n) is 15.6. The first-order chi connectivity index (χ1) is 20.7. The highest BCUT2D eigenvalue weighted by Crippen LogP contribution is 2.71. The SMILES string of the molecule is CC(=O)O[C@H]1C[C@]2(O)[C@H](CC[C@]3(C)[C@@H](c4ccc(=O)oc4)CC[C@]32O)[C@@]2(C)CC[C@@H](O[C@H]3O[C@@H](CO)[C@@H](O)[C@@H](O)[C@H]3O)C=C12. The van der Waals surface area contributed by atoms with Crippen molar-refractivity contribution in [3.05, 3.63) is 46.0 Å². The van der Waals surface area contributed by atoms with E-state index in [4.69, 9.17) is 18.6 Å². The van der Waals surface area contributed by atoms with Crippen molar-refractivity contribution >= 4 is 5.97 Å². The standard InChI is InChI=1S/C32H44O12/c1-16(34)42-21-13-31(39)23(8-10-30(3)19(7-11-32(30,31)40)17-4-5-24(35)41-15-17)29(2)9-6-18(12-20(21)29)43-28-27(38)26(37)25(36)22(14-33)44-28/h4-5,12,15,18-19,21-23,25-28,33,36-40H,6-11,13-14H2,1-3H3/t18-,19-,21+,22+,23-,25-,26-,27-,28+,29+,30-,31+,32+/m1/s1. The van der Waals surface area contributed by atoms with E-state index in [0.29, 0.717) is 38.5 Å². The monoisotopic (exact) mass is 620 g/mol. The summed E-state index contributed by atoms with van der Waals surface area (Å²) in [6, 6.07) is 3.10. The normalized spacial score (nSPS) is 48.5. The number of hydrogen-bond acceptors (Lipinski definition) is 12.